The van der Waals surface area contributed by atoms with Gasteiger partial charge >= 0.3 is 0 Å². The fourth-order valence-electron chi connectivity index (χ4n) is 2.21. The van der Waals surface area contributed by atoms with Gasteiger partial charge in [0.1, 0.15) is 5.75 Å². The SMILES string of the molecule is CNCc1c(C)nn(C)c1Oc1ccc(C)cc1C. The molecule has 0 saturated carbocycles. The third-order valence-electron chi connectivity index (χ3n) is 3.18. The van der Waals surface area contributed by atoms with Gasteiger partial charge in [-0.15, -0.1) is 0 Å². The van der Waals surface area contributed by atoms with Crippen LogP contribution in [0.5, 0.6) is 11.6 Å². The van der Waals surface area contributed by atoms with Gasteiger partial charge in [-0.3, -0.25) is 0 Å². The summed E-state index contributed by atoms with van der Waals surface area (Å²) >= 11 is 0. The van der Waals surface area contributed by atoms with E-state index in [9.17, 15) is 0 Å². The molecule has 4 nitrogen and oxygen atoms in total. The van der Waals surface area contributed by atoms with Gasteiger partial charge in [0.25, 0.3) is 0 Å². The van der Waals surface area contributed by atoms with Crippen LogP contribution in [-0.2, 0) is 13.6 Å². The third-order valence-corrected chi connectivity index (χ3v) is 3.18. The number of hydrogen-bond acceptors (Lipinski definition) is 3. The zero-order valence-electron chi connectivity index (χ0n) is 12.2. The standard InChI is InChI=1S/C15H21N3O/c1-10-6-7-14(11(2)8-10)19-15-13(9-16-4)12(3)17-18(15)5/h6-8,16H,9H2,1-5H3. The highest BCUT2D eigenvalue weighted by molar-refractivity contribution is 5.41. The molecule has 0 atom stereocenters. The van der Waals surface area contributed by atoms with Crippen LogP contribution in [0.4, 0.5) is 0 Å². The summed E-state index contributed by atoms with van der Waals surface area (Å²) in [5.41, 5.74) is 4.47. The second-order valence-electron chi connectivity index (χ2n) is 4.89. The number of hydrogen-bond donors (Lipinski definition) is 1. The molecule has 19 heavy (non-hydrogen) atoms. The van der Waals surface area contributed by atoms with Gasteiger partial charge in [0.2, 0.25) is 5.88 Å². The van der Waals surface area contributed by atoms with Crippen molar-refractivity contribution < 1.29 is 4.74 Å². The van der Waals surface area contributed by atoms with Crippen LogP contribution in [0.1, 0.15) is 22.4 Å². The van der Waals surface area contributed by atoms with E-state index in [1.165, 1.54) is 5.56 Å². The van der Waals surface area contributed by atoms with E-state index in [1.54, 1.807) is 4.68 Å². The third kappa shape index (κ3) is 2.79. The van der Waals surface area contributed by atoms with Gasteiger partial charge in [-0.1, -0.05) is 17.7 Å². The fraction of sp³-hybridized carbons (Fsp3) is 0.400. The Bertz CT molecular complexity index is 587. The van der Waals surface area contributed by atoms with E-state index in [2.05, 4.69) is 36.4 Å². The first-order chi connectivity index (χ1) is 9.02. The number of benzene rings is 1. The van der Waals surface area contributed by atoms with Gasteiger partial charge < -0.3 is 10.1 Å². The topological polar surface area (TPSA) is 39.1 Å². The normalized spacial score (nSPS) is 10.8. The quantitative estimate of drug-likeness (QED) is 0.917. The molecule has 1 N–H and O–H groups in total. The minimum absolute atomic E-state index is 0.750. The number of rotatable bonds is 4. The van der Waals surface area contributed by atoms with E-state index in [0.717, 1.165) is 35.0 Å². The Morgan fingerprint density at radius 1 is 1.26 bits per heavy atom. The lowest BCUT2D eigenvalue weighted by Crippen LogP contribution is -2.07. The van der Waals surface area contributed by atoms with Crippen LogP contribution >= 0.6 is 0 Å². The summed E-state index contributed by atoms with van der Waals surface area (Å²) in [6.07, 6.45) is 0. The predicted molar refractivity (Wildman–Crippen MR) is 76.7 cm³/mol. The Morgan fingerprint density at radius 3 is 2.63 bits per heavy atom. The van der Waals surface area contributed by atoms with Crippen molar-refractivity contribution in [2.45, 2.75) is 27.3 Å². The molecule has 0 aliphatic carbocycles. The van der Waals surface area contributed by atoms with E-state index >= 15 is 0 Å². The molecule has 2 aromatic rings. The highest BCUT2D eigenvalue weighted by atomic mass is 16.5. The lowest BCUT2D eigenvalue weighted by atomic mass is 10.1. The van der Waals surface area contributed by atoms with Crippen LogP contribution in [0, 0.1) is 20.8 Å². The Hall–Kier alpha value is -1.81. The number of ether oxygens (including phenoxy) is 1. The molecule has 0 amide bonds. The second kappa shape index (κ2) is 5.45. The zero-order chi connectivity index (χ0) is 14.0. The summed E-state index contributed by atoms with van der Waals surface area (Å²) in [5, 5.41) is 7.58. The molecule has 1 heterocycles. The van der Waals surface area contributed by atoms with E-state index in [-0.39, 0.29) is 0 Å². The van der Waals surface area contributed by atoms with Crippen LogP contribution in [0.25, 0.3) is 0 Å². The smallest absolute Gasteiger partial charge is 0.222 e. The van der Waals surface area contributed by atoms with E-state index in [0.29, 0.717) is 0 Å². The lowest BCUT2D eigenvalue weighted by Gasteiger charge is -2.11. The van der Waals surface area contributed by atoms with Crippen LogP contribution in [0.3, 0.4) is 0 Å². The highest BCUT2D eigenvalue weighted by Gasteiger charge is 2.15. The van der Waals surface area contributed by atoms with Gasteiger partial charge in [0, 0.05) is 13.6 Å². The molecule has 0 spiro atoms. The van der Waals surface area contributed by atoms with Crippen molar-refractivity contribution in [3.05, 3.63) is 40.6 Å². The summed E-state index contributed by atoms with van der Waals surface area (Å²) in [6, 6.07) is 6.19. The average molecular weight is 259 g/mol. The second-order valence-corrected chi connectivity index (χ2v) is 4.89. The zero-order valence-corrected chi connectivity index (χ0v) is 12.2. The van der Waals surface area contributed by atoms with Gasteiger partial charge in [-0.25, -0.2) is 4.68 Å². The van der Waals surface area contributed by atoms with Crippen molar-refractivity contribution in [2.24, 2.45) is 7.05 Å². The van der Waals surface area contributed by atoms with Crippen LogP contribution < -0.4 is 10.1 Å². The Balaban J connectivity index is 2.37. The minimum Gasteiger partial charge on any atom is -0.439 e. The van der Waals surface area contributed by atoms with Gasteiger partial charge in [-0.2, -0.15) is 5.10 Å². The monoisotopic (exact) mass is 259 g/mol. The molecular formula is C15H21N3O. The Labute approximate surface area is 114 Å². The molecule has 102 valence electrons. The lowest BCUT2D eigenvalue weighted by molar-refractivity contribution is 0.422. The molecule has 0 saturated heterocycles. The Morgan fingerprint density at radius 2 is 2.00 bits per heavy atom. The first-order valence-electron chi connectivity index (χ1n) is 6.45. The largest absolute Gasteiger partial charge is 0.439 e. The van der Waals surface area contributed by atoms with Crippen molar-refractivity contribution >= 4 is 0 Å². The molecule has 0 radical (unpaired) electrons. The van der Waals surface area contributed by atoms with Crippen LogP contribution in [0.2, 0.25) is 0 Å². The number of aromatic nitrogens is 2. The molecule has 2 rings (SSSR count). The summed E-state index contributed by atoms with van der Waals surface area (Å²) in [7, 11) is 3.83. The molecule has 0 fully saturated rings. The predicted octanol–water partition coefficient (Wildman–Crippen LogP) is 2.86. The first kappa shape index (κ1) is 13.6. The molecule has 0 bridgehead atoms. The average Bonchev–Trinajstić information content (AvgIpc) is 2.60. The van der Waals surface area contributed by atoms with Crippen LogP contribution in [-0.4, -0.2) is 16.8 Å². The molecule has 0 unspecified atom stereocenters. The van der Waals surface area contributed by atoms with E-state index in [4.69, 9.17) is 4.74 Å². The molecule has 0 aliphatic heterocycles. The maximum Gasteiger partial charge on any atom is 0.222 e. The highest BCUT2D eigenvalue weighted by Crippen LogP contribution is 2.29. The molecular weight excluding hydrogens is 238 g/mol. The van der Waals surface area contributed by atoms with Crippen molar-refractivity contribution in [3.8, 4) is 11.6 Å². The fourth-order valence-corrected chi connectivity index (χ4v) is 2.21. The van der Waals surface area contributed by atoms with Gasteiger partial charge in [0.15, 0.2) is 0 Å². The van der Waals surface area contributed by atoms with Gasteiger partial charge in [0.05, 0.1) is 11.3 Å². The maximum absolute atomic E-state index is 6.06. The van der Waals surface area contributed by atoms with Crippen molar-refractivity contribution in [3.63, 3.8) is 0 Å². The summed E-state index contributed by atoms with van der Waals surface area (Å²) in [6.45, 7) is 6.89. The van der Waals surface area contributed by atoms with E-state index in [1.807, 2.05) is 27.1 Å². The number of nitrogens with zero attached hydrogens (tertiary/aromatic N) is 2. The summed E-state index contributed by atoms with van der Waals surface area (Å²) in [4.78, 5) is 0. The van der Waals surface area contributed by atoms with Crippen LogP contribution in [0.15, 0.2) is 18.2 Å². The van der Waals surface area contributed by atoms with Gasteiger partial charge in [-0.05, 0) is 39.4 Å². The molecule has 1 aromatic carbocycles. The summed E-state index contributed by atoms with van der Waals surface area (Å²) in [5.74, 6) is 1.68. The van der Waals surface area contributed by atoms with Crippen molar-refractivity contribution in [1.82, 2.24) is 15.1 Å². The minimum atomic E-state index is 0.750. The molecule has 1 aromatic heterocycles. The molecule has 4 heteroatoms. The van der Waals surface area contributed by atoms with E-state index < -0.39 is 0 Å². The summed E-state index contributed by atoms with van der Waals surface area (Å²) < 4.78 is 7.85. The maximum atomic E-state index is 6.06. The number of aryl methyl sites for hydroxylation is 4. The Kier molecular flexibility index (Phi) is 3.90. The van der Waals surface area contributed by atoms with Crippen molar-refractivity contribution in [2.75, 3.05) is 7.05 Å². The van der Waals surface area contributed by atoms with Crippen molar-refractivity contribution in [1.29, 1.82) is 0 Å². The first-order valence-corrected chi connectivity index (χ1v) is 6.45. The molecule has 0 aliphatic rings. The number of nitrogens with one attached hydrogen (secondary N) is 1.